The molecule has 0 aromatic heterocycles. The SMILES string of the molecule is CN(C)N1C(N)=C(C#N)[C@H](c2ccc(C(F)(F)F)cc2)C2=C1CCCC2=O. The van der Waals surface area contributed by atoms with Crippen molar-refractivity contribution in [3.8, 4) is 6.07 Å². The first-order chi connectivity index (χ1) is 12.7. The van der Waals surface area contributed by atoms with E-state index in [0.717, 1.165) is 12.1 Å². The second-order valence-electron chi connectivity index (χ2n) is 6.76. The van der Waals surface area contributed by atoms with E-state index in [2.05, 4.69) is 6.07 Å². The molecule has 142 valence electrons. The summed E-state index contributed by atoms with van der Waals surface area (Å²) >= 11 is 0. The Kier molecular flexibility index (Phi) is 4.74. The fourth-order valence-corrected chi connectivity index (χ4v) is 3.72. The van der Waals surface area contributed by atoms with E-state index in [-0.39, 0.29) is 17.2 Å². The van der Waals surface area contributed by atoms with Gasteiger partial charge in [-0.15, -0.1) is 0 Å². The number of benzene rings is 1. The molecule has 1 aromatic rings. The number of nitriles is 1. The van der Waals surface area contributed by atoms with Crippen molar-refractivity contribution in [1.29, 1.82) is 5.26 Å². The van der Waals surface area contributed by atoms with Gasteiger partial charge in [-0.2, -0.15) is 18.4 Å². The largest absolute Gasteiger partial charge is 0.416 e. The van der Waals surface area contributed by atoms with E-state index in [0.29, 0.717) is 36.1 Å². The second-order valence-corrected chi connectivity index (χ2v) is 6.76. The molecule has 0 fully saturated rings. The van der Waals surface area contributed by atoms with Gasteiger partial charge in [-0.3, -0.25) is 9.80 Å². The lowest BCUT2D eigenvalue weighted by Gasteiger charge is -2.42. The number of hydrogen-bond acceptors (Lipinski definition) is 5. The van der Waals surface area contributed by atoms with Crippen LogP contribution in [0.2, 0.25) is 0 Å². The summed E-state index contributed by atoms with van der Waals surface area (Å²) in [5, 5.41) is 13.0. The zero-order valence-electron chi connectivity index (χ0n) is 15.0. The van der Waals surface area contributed by atoms with E-state index in [1.54, 1.807) is 24.1 Å². The first-order valence-electron chi connectivity index (χ1n) is 8.47. The fraction of sp³-hybridized carbons (Fsp3) is 0.368. The normalized spacial score (nSPS) is 20.9. The first-order valence-corrected chi connectivity index (χ1v) is 8.47. The molecule has 1 aliphatic carbocycles. The predicted molar refractivity (Wildman–Crippen MR) is 92.4 cm³/mol. The second kappa shape index (κ2) is 6.74. The van der Waals surface area contributed by atoms with Crippen LogP contribution in [0.15, 0.2) is 46.9 Å². The molecule has 0 unspecified atom stereocenters. The van der Waals surface area contributed by atoms with Crippen molar-refractivity contribution in [3.05, 3.63) is 58.1 Å². The molecule has 8 heteroatoms. The van der Waals surface area contributed by atoms with Gasteiger partial charge >= 0.3 is 6.18 Å². The number of hydrazine groups is 1. The molecule has 0 radical (unpaired) electrons. The van der Waals surface area contributed by atoms with Crippen LogP contribution < -0.4 is 5.73 Å². The smallest absolute Gasteiger partial charge is 0.383 e. The number of carbonyl (C=O) groups excluding carboxylic acids is 1. The third-order valence-electron chi connectivity index (χ3n) is 4.86. The topological polar surface area (TPSA) is 73.4 Å². The Morgan fingerprint density at radius 2 is 1.85 bits per heavy atom. The van der Waals surface area contributed by atoms with Gasteiger partial charge in [-0.05, 0) is 30.5 Å². The zero-order chi connectivity index (χ0) is 19.9. The van der Waals surface area contributed by atoms with Crippen molar-refractivity contribution in [1.82, 2.24) is 10.0 Å². The molecule has 27 heavy (non-hydrogen) atoms. The van der Waals surface area contributed by atoms with E-state index in [9.17, 15) is 23.2 Å². The molecule has 1 aromatic carbocycles. The van der Waals surface area contributed by atoms with E-state index < -0.39 is 17.7 Å². The predicted octanol–water partition coefficient (Wildman–Crippen LogP) is 3.28. The van der Waals surface area contributed by atoms with Gasteiger partial charge in [0.2, 0.25) is 0 Å². The highest BCUT2D eigenvalue weighted by Crippen LogP contribution is 2.45. The lowest BCUT2D eigenvalue weighted by molar-refractivity contribution is -0.137. The van der Waals surface area contributed by atoms with Crippen molar-refractivity contribution in [2.75, 3.05) is 14.1 Å². The van der Waals surface area contributed by atoms with Gasteiger partial charge in [-0.1, -0.05) is 12.1 Å². The summed E-state index contributed by atoms with van der Waals surface area (Å²) in [4.78, 5) is 12.7. The molecule has 0 saturated heterocycles. The number of rotatable bonds is 2. The summed E-state index contributed by atoms with van der Waals surface area (Å²) in [5.74, 6) is -0.662. The van der Waals surface area contributed by atoms with Crippen LogP contribution in [0.4, 0.5) is 13.2 Å². The molecule has 0 spiro atoms. The molecule has 1 atom stereocenters. The maximum atomic E-state index is 12.9. The van der Waals surface area contributed by atoms with Gasteiger partial charge in [0.25, 0.3) is 0 Å². The van der Waals surface area contributed by atoms with Crippen molar-refractivity contribution in [2.24, 2.45) is 5.73 Å². The van der Waals surface area contributed by atoms with Gasteiger partial charge in [0, 0.05) is 31.8 Å². The van der Waals surface area contributed by atoms with Gasteiger partial charge in [0.15, 0.2) is 5.78 Å². The Labute approximate surface area is 155 Å². The van der Waals surface area contributed by atoms with Gasteiger partial charge in [-0.25, -0.2) is 5.01 Å². The van der Waals surface area contributed by atoms with Gasteiger partial charge in [0.1, 0.15) is 5.82 Å². The molecular formula is C19H19F3N4O. The molecule has 5 nitrogen and oxygen atoms in total. The number of ketones is 1. The Morgan fingerprint density at radius 3 is 2.37 bits per heavy atom. The first kappa shape index (κ1) is 19.0. The Morgan fingerprint density at radius 1 is 1.22 bits per heavy atom. The molecular weight excluding hydrogens is 357 g/mol. The van der Waals surface area contributed by atoms with E-state index >= 15 is 0 Å². The molecule has 1 heterocycles. The van der Waals surface area contributed by atoms with Crippen molar-refractivity contribution in [2.45, 2.75) is 31.4 Å². The summed E-state index contributed by atoms with van der Waals surface area (Å²) in [6, 6.07) is 6.62. The van der Waals surface area contributed by atoms with Crippen LogP contribution in [0, 0.1) is 11.3 Å². The van der Waals surface area contributed by atoms with Crippen LogP contribution >= 0.6 is 0 Å². The van der Waals surface area contributed by atoms with Crippen LogP contribution in [0.25, 0.3) is 0 Å². The lowest BCUT2D eigenvalue weighted by Crippen LogP contribution is -2.45. The van der Waals surface area contributed by atoms with Crippen molar-refractivity contribution in [3.63, 3.8) is 0 Å². The minimum absolute atomic E-state index is 0.103. The monoisotopic (exact) mass is 376 g/mol. The van der Waals surface area contributed by atoms with Gasteiger partial charge in [0.05, 0.1) is 23.1 Å². The highest BCUT2D eigenvalue weighted by atomic mass is 19.4. The number of halogens is 3. The average molecular weight is 376 g/mol. The van der Waals surface area contributed by atoms with Crippen molar-refractivity contribution < 1.29 is 18.0 Å². The van der Waals surface area contributed by atoms with Crippen LogP contribution in [0.5, 0.6) is 0 Å². The van der Waals surface area contributed by atoms with E-state index in [4.69, 9.17) is 5.73 Å². The number of nitrogens with two attached hydrogens (primary N) is 1. The summed E-state index contributed by atoms with van der Waals surface area (Å²) < 4.78 is 38.6. The van der Waals surface area contributed by atoms with Crippen LogP contribution in [-0.2, 0) is 11.0 Å². The third kappa shape index (κ3) is 3.19. The highest BCUT2D eigenvalue weighted by molar-refractivity contribution is 5.99. The quantitative estimate of drug-likeness (QED) is 0.858. The number of Topliss-reactive ketones (excluding diaryl/α,β-unsaturated/α-hetero) is 1. The maximum absolute atomic E-state index is 12.9. The molecule has 2 N–H and O–H groups in total. The third-order valence-corrected chi connectivity index (χ3v) is 4.86. The Hall–Kier alpha value is -2.79. The zero-order valence-corrected chi connectivity index (χ0v) is 15.0. The van der Waals surface area contributed by atoms with Gasteiger partial charge < -0.3 is 5.73 Å². The lowest BCUT2D eigenvalue weighted by atomic mass is 9.76. The summed E-state index contributed by atoms with van der Waals surface area (Å²) in [6.07, 6.45) is -2.84. The van der Waals surface area contributed by atoms with E-state index in [1.807, 2.05) is 0 Å². The summed E-state index contributed by atoms with van der Waals surface area (Å²) in [5.41, 5.74) is 7.21. The fourth-order valence-electron chi connectivity index (χ4n) is 3.72. The molecule has 0 amide bonds. The summed E-state index contributed by atoms with van der Waals surface area (Å²) in [6.45, 7) is 0. The summed E-state index contributed by atoms with van der Waals surface area (Å²) in [7, 11) is 3.51. The standard InChI is InChI=1S/C19H19F3N4O/c1-25(2)26-14-4-3-5-15(27)17(14)16(13(10-23)18(26)24)11-6-8-12(9-7-11)19(20,21)22/h6-9,16H,3-5,24H2,1-2H3/t16-/m0/s1. The molecule has 2 aliphatic rings. The molecule has 0 saturated carbocycles. The van der Waals surface area contributed by atoms with Crippen LogP contribution in [0.3, 0.4) is 0 Å². The number of hydrogen-bond donors (Lipinski definition) is 1. The van der Waals surface area contributed by atoms with E-state index in [1.165, 1.54) is 12.1 Å². The molecule has 0 bridgehead atoms. The highest BCUT2D eigenvalue weighted by Gasteiger charge is 2.41. The van der Waals surface area contributed by atoms with Crippen LogP contribution in [0.1, 0.15) is 36.3 Å². The number of carbonyl (C=O) groups is 1. The Balaban J connectivity index is 2.19. The minimum Gasteiger partial charge on any atom is -0.383 e. The number of alkyl halides is 3. The van der Waals surface area contributed by atoms with Crippen LogP contribution in [-0.4, -0.2) is 29.9 Å². The van der Waals surface area contributed by atoms with Crippen molar-refractivity contribution >= 4 is 5.78 Å². The number of allylic oxidation sites excluding steroid dienone is 3. The Bertz CT molecular complexity index is 876. The average Bonchev–Trinajstić information content (AvgIpc) is 2.60. The molecule has 3 rings (SSSR count). The number of nitrogens with zero attached hydrogens (tertiary/aromatic N) is 3. The maximum Gasteiger partial charge on any atom is 0.416 e. The molecule has 1 aliphatic heterocycles. The minimum atomic E-state index is -4.45.